The molecular formula is C14H22N2O2. The molecule has 0 saturated heterocycles. The van der Waals surface area contributed by atoms with Gasteiger partial charge in [0.25, 0.3) is 5.91 Å². The first-order chi connectivity index (χ1) is 8.52. The van der Waals surface area contributed by atoms with Crippen LogP contribution in [-0.4, -0.2) is 24.6 Å². The number of rotatable bonds is 7. The van der Waals surface area contributed by atoms with E-state index < -0.39 is 12.0 Å². The fraction of sp³-hybridized carbons (Fsp3) is 0.500. The Labute approximate surface area is 109 Å². The Morgan fingerprint density at radius 1 is 1.33 bits per heavy atom. The van der Waals surface area contributed by atoms with E-state index in [9.17, 15) is 4.79 Å². The third kappa shape index (κ3) is 4.75. The normalized spacial score (nSPS) is 13.9. The van der Waals surface area contributed by atoms with Crippen molar-refractivity contribution in [2.75, 3.05) is 6.54 Å². The molecule has 1 aromatic carbocycles. The maximum atomic E-state index is 10.9. The molecule has 0 heterocycles. The van der Waals surface area contributed by atoms with E-state index in [0.717, 1.165) is 13.0 Å². The second-order valence-electron chi connectivity index (χ2n) is 4.47. The van der Waals surface area contributed by atoms with Crippen LogP contribution in [0.4, 0.5) is 0 Å². The van der Waals surface area contributed by atoms with Crippen molar-refractivity contribution in [1.82, 2.24) is 5.32 Å². The minimum Gasteiger partial charge on any atom is -0.481 e. The third-order valence-corrected chi connectivity index (χ3v) is 2.73. The monoisotopic (exact) mass is 250 g/mol. The first-order valence-corrected chi connectivity index (χ1v) is 6.31. The summed E-state index contributed by atoms with van der Waals surface area (Å²) in [5.74, 6) is 0.209. The van der Waals surface area contributed by atoms with Gasteiger partial charge in [-0.05, 0) is 44.5 Å². The summed E-state index contributed by atoms with van der Waals surface area (Å²) in [6, 6.07) is 8.21. The molecule has 0 aliphatic carbocycles. The molecule has 0 fully saturated rings. The third-order valence-electron chi connectivity index (χ3n) is 2.73. The Hall–Kier alpha value is -1.55. The fourth-order valence-electron chi connectivity index (χ4n) is 1.74. The van der Waals surface area contributed by atoms with Gasteiger partial charge in [0.05, 0.1) is 0 Å². The molecule has 0 aliphatic heterocycles. The smallest absolute Gasteiger partial charge is 0.258 e. The first kappa shape index (κ1) is 14.5. The largest absolute Gasteiger partial charge is 0.481 e. The summed E-state index contributed by atoms with van der Waals surface area (Å²) in [5.41, 5.74) is 6.38. The molecule has 0 bridgehead atoms. The molecule has 0 aromatic heterocycles. The van der Waals surface area contributed by atoms with Crippen molar-refractivity contribution in [1.29, 1.82) is 0 Å². The molecule has 18 heavy (non-hydrogen) atoms. The van der Waals surface area contributed by atoms with Gasteiger partial charge in [0.1, 0.15) is 5.75 Å². The number of amides is 1. The second kappa shape index (κ2) is 7.01. The Morgan fingerprint density at radius 2 is 1.94 bits per heavy atom. The van der Waals surface area contributed by atoms with Crippen molar-refractivity contribution in [2.24, 2.45) is 5.73 Å². The van der Waals surface area contributed by atoms with E-state index in [0.29, 0.717) is 11.8 Å². The average molecular weight is 250 g/mol. The summed E-state index contributed by atoms with van der Waals surface area (Å²) >= 11 is 0. The second-order valence-corrected chi connectivity index (χ2v) is 4.47. The van der Waals surface area contributed by atoms with Crippen molar-refractivity contribution in [3.8, 4) is 5.75 Å². The van der Waals surface area contributed by atoms with E-state index in [1.54, 1.807) is 6.92 Å². The van der Waals surface area contributed by atoms with Crippen LogP contribution in [0.25, 0.3) is 0 Å². The predicted molar refractivity (Wildman–Crippen MR) is 72.6 cm³/mol. The van der Waals surface area contributed by atoms with Crippen molar-refractivity contribution in [3.05, 3.63) is 29.8 Å². The number of nitrogens with two attached hydrogens (primary N) is 1. The highest BCUT2D eigenvalue weighted by Gasteiger charge is 2.10. The number of nitrogens with one attached hydrogen (secondary N) is 1. The molecule has 100 valence electrons. The lowest BCUT2D eigenvalue weighted by Gasteiger charge is -2.14. The fourth-order valence-corrected chi connectivity index (χ4v) is 1.74. The van der Waals surface area contributed by atoms with E-state index >= 15 is 0 Å². The highest BCUT2D eigenvalue weighted by Crippen LogP contribution is 2.14. The number of hydrogen-bond donors (Lipinski definition) is 2. The summed E-state index contributed by atoms with van der Waals surface area (Å²) in [4.78, 5) is 10.9. The van der Waals surface area contributed by atoms with Crippen LogP contribution in [0.1, 0.15) is 26.3 Å². The Bertz CT molecular complexity index is 376. The molecule has 1 aromatic rings. The van der Waals surface area contributed by atoms with Gasteiger partial charge in [-0.25, -0.2) is 0 Å². The summed E-state index contributed by atoms with van der Waals surface area (Å²) in [6.45, 7) is 6.86. The summed E-state index contributed by atoms with van der Waals surface area (Å²) in [7, 11) is 0. The van der Waals surface area contributed by atoms with Gasteiger partial charge in [-0.3, -0.25) is 4.79 Å². The van der Waals surface area contributed by atoms with E-state index in [1.807, 2.05) is 24.3 Å². The molecule has 0 saturated carbocycles. The first-order valence-electron chi connectivity index (χ1n) is 6.31. The van der Waals surface area contributed by atoms with Crippen LogP contribution in [0.2, 0.25) is 0 Å². The molecule has 2 unspecified atom stereocenters. The summed E-state index contributed by atoms with van der Waals surface area (Å²) in [6.07, 6.45) is 0.371. The molecule has 3 N–H and O–H groups in total. The maximum Gasteiger partial charge on any atom is 0.258 e. The molecule has 4 nitrogen and oxygen atoms in total. The number of carbonyl (C=O) groups is 1. The highest BCUT2D eigenvalue weighted by molar-refractivity contribution is 5.78. The van der Waals surface area contributed by atoms with Gasteiger partial charge in [0.2, 0.25) is 0 Å². The van der Waals surface area contributed by atoms with E-state index in [2.05, 4.69) is 19.2 Å². The number of primary amides is 1. The average Bonchev–Trinajstić information content (AvgIpc) is 2.31. The Morgan fingerprint density at radius 3 is 2.44 bits per heavy atom. The number of ether oxygens (including phenoxy) is 1. The van der Waals surface area contributed by atoms with Gasteiger partial charge in [-0.2, -0.15) is 0 Å². The standard InChI is InChI=1S/C14H22N2O2/c1-4-16-10(2)9-12-5-7-13(8-6-12)18-11(3)14(15)17/h5-8,10-11,16H,4,9H2,1-3H3,(H2,15,17). The zero-order valence-corrected chi connectivity index (χ0v) is 11.3. The lowest BCUT2D eigenvalue weighted by molar-refractivity contribution is -0.123. The summed E-state index contributed by atoms with van der Waals surface area (Å²) < 4.78 is 5.39. The van der Waals surface area contributed by atoms with E-state index in [4.69, 9.17) is 10.5 Å². The quantitative estimate of drug-likeness (QED) is 0.770. The number of likely N-dealkylation sites (N-methyl/N-ethyl adjacent to an activating group) is 1. The minimum atomic E-state index is -0.600. The van der Waals surface area contributed by atoms with Crippen LogP contribution in [-0.2, 0) is 11.2 Å². The van der Waals surface area contributed by atoms with Crippen molar-refractivity contribution in [2.45, 2.75) is 39.3 Å². The predicted octanol–water partition coefficient (Wildman–Crippen LogP) is 1.48. The lowest BCUT2D eigenvalue weighted by atomic mass is 10.1. The van der Waals surface area contributed by atoms with Gasteiger partial charge in [0, 0.05) is 6.04 Å². The van der Waals surface area contributed by atoms with Gasteiger partial charge in [0.15, 0.2) is 6.10 Å². The number of benzene rings is 1. The van der Waals surface area contributed by atoms with Crippen LogP contribution in [0.3, 0.4) is 0 Å². The Kier molecular flexibility index (Phi) is 5.65. The van der Waals surface area contributed by atoms with Gasteiger partial charge >= 0.3 is 0 Å². The lowest BCUT2D eigenvalue weighted by Crippen LogP contribution is -2.30. The van der Waals surface area contributed by atoms with Crippen LogP contribution in [0.5, 0.6) is 5.75 Å². The van der Waals surface area contributed by atoms with Crippen molar-refractivity contribution >= 4 is 5.91 Å². The minimum absolute atomic E-state index is 0.450. The molecule has 0 spiro atoms. The van der Waals surface area contributed by atoms with E-state index in [1.165, 1.54) is 5.56 Å². The highest BCUT2D eigenvalue weighted by atomic mass is 16.5. The Balaban J connectivity index is 2.54. The topological polar surface area (TPSA) is 64.3 Å². The molecule has 0 aliphatic rings. The molecule has 0 radical (unpaired) electrons. The van der Waals surface area contributed by atoms with Crippen LogP contribution in [0.15, 0.2) is 24.3 Å². The van der Waals surface area contributed by atoms with Gasteiger partial charge in [-0.15, -0.1) is 0 Å². The molecule has 1 rings (SSSR count). The van der Waals surface area contributed by atoms with Gasteiger partial charge < -0.3 is 15.8 Å². The maximum absolute atomic E-state index is 10.9. The van der Waals surface area contributed by atoms with Crippen LogP contribution in [0, 0.1) is 0 Å². The van der Waals surface area contributed by atoms with Crippen molar-refractivity contribution in [3.63, 3.8) is 0 Å². The molecule has 4 heteroatoms. The SMILES string of the molecule is CCNC(C)Cc1ccc(OC(C)C(N)=O)cc1. The molecular weight excluding hydrogens is 228 g/mol. The molecule has 1 amide bonds. The number of hydrogen-bond acceptors (Lipinski definition) is 3. The molecule has 2 atom stereocenters. The zero-order chi connectivity index (χ0) is 13.5. The van der Waals surface area contributed by atoms with E-state index in [-0.39, 0.29) is 0 Å². The van der Waals surface area contributed by atoms with Crippen LogP contribution >= 0.6 is 0 Å². The van der Waals surface area contributed by atoms with Crippen molar-refractivity contribution < 1.29 is 9.53 Å². The number of carbonyl (C=O) groups excluding carboxylic acids is 1. The zero-order valence-electron chi connectivity index (χ0n) is 11.3. The van der Waals surface area contributed by atoms with Gasteiger partial charge in [-0.1, -0.05) is 19.1 Å². The van der Waals surface area contributed by atoms with Crippen LogP contribution < -0.4 is 15.8 Å². The summed E-state index contributed by atoms with van der Waals surface area (Å²) in [5, 5.41) is 3.36.